The lowest BCUT2D eigenvalue weighted by atomic mass is 9.95. The largest absolute Gasteiger partial charge is 0.273 e. The zero-order chi connectivity index (χ0) is 14.2. The smallest absolute Gasteiger partial charge is 0.267 e. The molecule has 0 fully saturated rings. The number of rotatable bonds is 2. The minimum atomic E-state index is -0.186. The fraction of sp³-hybridized carbons (Fsp3) is 0.385. The second-order valence-electron chi connectivity index (χ2n) is 4.76. The van der Waals surface area contributed by atoms with Crippen LogP contribution >= 0.6 is 0 Å². The van der Waals surface area contributed by atoms with Gasteiger partial charge in [-0.3, -0.25) is 9.59 Å². The summed E-state index contributed by atoms with van der Waals surface area (Å²) >= 11 is 0. The third-order valence-corrected chi connectivity index (χ3v) is 3.21. The fourth-order valence-corrected chi connectivity index (χ4v) is 2.40. The van der Waals surface area contributed by atoms with E-state index in [0.717, 1.165) is 11.1 Å². The van der Waals surface area contributed by atoms with Crippen LogP contribution in [0.5, 0.6) is 0 Å². The maximum atomic E-state index is 11.7. The number of carbonyl (C=O) groups is 2. The molecule has 100 valence electrons. The molecule has 2 amide bonds. The van der Waals surface area contributed by atoms with Gasteiger partial charge in [-0.15, -0.1) is 0 Å². The standard InChI is InChI=1S/C13H16N4O2/c1-6(10-8(3)14-16-12(10)18)5-7(2)11-9(4)15-17-13(11)19/h5H2,1-4H3,(H,16,18)(H,17,19)/b10-6+,11-7+. The Bertz CT molecular complexity index is 542. The van der Waals surface area contributed by atoms with Gasteiger partial charge in [0.2, 0.25) is 0 Å². The third-order valence-electron chi connectivity index (χ3n) is 3.21. The van der Waals surface area contributed by atoms with E-state index >= 15 is 0 Å². The highest BCUT2D eigenvalue weighted by molar-refractivity contribution is 6.25. The maximum absolute atomic E-state index is 11.7. The summed E-state index contributed by atoms with van der Waals surface area (Å²) < 4.78 is 0. The Balaban J connectivity index is 2.32. The number of hydrazone groups is 2. The van der Waals surface area contributed by atoms with Gasteiger partial charge in [-0.25, -0.2) is 10.9 Å². The van der Waals surface area contributed by atoms with E-state index in [2.05, 4.69) is 21.1 Å². The molecule has 0 atom stereocenters. The molecule has 6 heteroatoms. The molecule has 0 saturated carbocycles. The van der Waals surface area contributed by atoms with Crippen molar-refractivity contribution in [3.63, 3.8) is 0 Å². The van der Waals surface area contributed by atoms with Gasteiger partial charge >= 0.3 is 0 Å². The summed E-state index contributed by atoms with van der Waals surface area (Å²) in [6.45, 7) is 7.33. The van der Waals surface area contributed by atoms with Crippen molar-refractivity contribution in [1.82, 2.24) is 10.9 Å². The molecule has 0 saturated heterocycles. The van der Waals surface area contributed by atoms with E-state index in [1.165, 1.54) is 0 Å². The molecule has 19 heavy (non-hydrogen) atoms. The number of hydrogen-bond donors (Lipinski definition) is 2. The van der Waals surface area contributed by atoms with E-state index in [0.29, 0.717) is 29.0 Å². The van der Waals surface area contributed by atoms with Crippen LogP contribution in [-0.2, 0) is 9.59 Å². The zero-order valence-electron chi connectivity index (χ0n) is 11.4. The first-order chi connectivity index (χ1) is 8.91. The molecule has 0 spiro atoms. The summed E-state index contributed by atoms with van der Waals surface area (Å²) in [6.07, 6.45) is 0.547. The number of hydrogen-bond acceptors (Lipinski definition) is 4. The molecule has 2 rings (SSSR count). The molecule has 0 radical (unpaired) electrons. The predicted octanol–water partition coefficient (Wildman–Crippen LogP) is 1.02. The SMILES string of the molecule is CC1=NNC(=O)/C1=C(\C)C/C(C)=C1/C(=O)NN=C1C. The number of carbonyl (C=O) groups excluding carboxylic acids is 2. The first-order valence-electron chi connectivity index (χ1n) is 6.01. The van der Waals surface area contributed by atoms with E-state index in [4.69, 9.17) is 0 Å². The molecule has 2 N–H and O–H groups in total. The topological polar surface area (TPSA) is 82.9 Å². The van der Waals surface area contributed by atoms with Crippen LogP contribution in [0.1, 0.15) is 34.1 Å². The Hall–Kier alpha value is -2.24. The Labute approximate surface area is 111 Å². The van der Waals surface area contributed by atoms with Gasteiger partial charge in [0.25, 0.3) is 11.8 Å². The molecule has 0 aromatic heterocycles. The Morgan fingerprint density at radius 1 is 0.895 bits per heavy atom. The monoisotopic (exact) mass is 260 g/mol. The molecule has 0 unspecified atom stereocenters. The first kappa shape index (κ1) is 13.2. The Morgan fingerprint density at radius 2 is 1.26 bits per heavy atom. The molecular weight excluding hydrogens is 244 g/mol. The fourth-order valence-electron chi connectivity index (χ4n) is 2.40. The van der Waals surface area contributed by atoms with Crippen molar-refractivity contribution in [3.8, 4) is 0 Å². The van der Waals surface area contributed by atoms with Crippen molar-refractivity contribution in [2.45, 2.75) is 34.1 Å². The van der Waals surface area contributed by atoms with Crippen LogP contribution in [0, 0.1) is 0 Å². The van der Waals surface area contributed by atoms with Gasteiger partial charge < -0.3 is 0 Å². The summed E-state index contributed by atoms with van der Waals surface area (Å²) in [5.41, 5.74) is 9.23. The molecule has 2 aliphatic rings. The van der Waals surface area contributed by atoms with E-state index in [1.54, 1.807) is 13.8 Å². The lowest BCUT2D eigenvalue weighted by molar-refractivity contribution is -0.117. The van der Waals surface area contributed by atoms with Crippen LogP contribution in [0.4, 0.5) is 0 Å². The van der Waals surface area contributed by atoms with Crippen molar-refractivity contribution >= 4 is 23.2 Å². The van der Waals surface area contributed by atoms with Crippen LogP contribution in [0.15, 0.2) is 32.5 Å². The normalized spacial score (nSPS) is 23.8. The molecule has 2 heterocycles. The zero-order valence-corrected chi connectivity index (χ0v) is 11.4. The van der Waals surface area contributed by atoms with Crippen LogP contribution in [0.2, 0.25) is 0 Å². The van der Waals surface area contributed by atoms with Gasteiger partial charge in [0.1, 0.15) is 0 Å². The lowest BCUT2D eigenvalue weighted by Crippen LogP contribution is -2.16. The van der Waals surface area contributed by atoms with E-state index in [1.807, 2.05) is 13.8 Å². The number of nitrogens with one attached hydrogen (secondary N) is 2. The minimum absolute atomic E-state index is 0.186. The molecule has 0 aliphatic carbocycles. The summed E-state index contributed by atoms with van der Waals surface area (Å²) in [5.74, 6) is -0.372. The van der Waals surface area contributed by atoms with Gasteiger partial charge in [-0.05, 0) is 34.1 Å². The summed E-state index contributed by atoms with van der Waals surface area (Å²) in [4.78, 5) is 23.3. The quantitative estimate of drug-likeness (QED) is 0.727. The molecule has 2 aliphatic heterocycles. The molecule has 0 bridgehead atoms. The van der Waals surface area contributed by atoms with Gasteiger partial charge in [0.15, 0.2) is 0 Å². The maximum Gasteiger partial charge on any atom is 0.273 e. The van der Waals surface area contributed by atoms with Crippen LogP contribution in [0.3, 0.4) is 0 Å². The molecule has 0 aromatic rings. The first-order valence-corrected chi connectivity index (χ1v) is 6.01. The lowest BCUT2D eigenvalue weighted by Gasteiger charge is -2.08. The number of nitrogens with zero attached hydrogens (tertiary/aromatic N) is 2. The van der Waals surface area contributed by atoms with Gasteiger partial charge in [0, 0.05) is 0 Å². The molecular formula is C13H16N4O2. The van der Waals surface area contributed by atoms with E-state index < -0.39 is 0 Å². The Morgan fingerprint density at radius 3 is 1.53 bits per heavy atom. The molecule has 6 nitrogen and oxygen atoms in total. The number of amides is 2. The highest BCUT2D eigenvalue weighted by atomic mass is 16.2. The summed E-state index contributed by atoms with van der Waals surface area (Å²) in [6, 6.07) is 0. The highest BCUT2D eigenvalue weighted by Gasteiger charge is 2.24. The summed E-state index contributed by atoms with van der Waals surface area (Å²) in [7, 11) is 0. The van der Waals surface area contributed by atoms with Gasteiger partial charge in [-0.2, -0.15) is 10.2 Å². The van der Waals surface area contributed by atoms with Crippen molar-refractivity contribution < 1.29 is 9.59 Å². The molecule has 0 aromatic carbocycles. The Kier molecular flexibility index (Phi) is 3.33. The van der Waals surface area contributed by atoms with Crippen LogP contribution < -0.4 is 10.9 Å². The predicted molar refractivity (Wildman–Crippen MR) is 72.5 cm³/mol. The highest BCUT2D eigenvalue weighted by Crippen LogP contribution is 2.22. The third kappa shape index (κ3) is 2.33. The second kappa shape index (κ2) is 4.79. The van der Waals surface area contributed by atoms with Crippen molar-refractivity contribution in [2.75, 3.05) is 0 Å². The number of allylic oxidation sites excluding steroid dienone is 2. The van der Waals surface area contributed by atoms with Crippen molar-refractivity contribution in [3.05, 3.63) is 22.3 Å². The second-order valence-corrected chi connectivity index (χ2v) is 4.76. The minimum Gasteiger partial charge on any atom is -0.267 e. The van der Waals surface area contributed by atoms with Crippen molar-refractivity contribution in [2.24, 2.45) is 10.2 Å². The average Bonchev–Trinajstić information content (AvgIpc) is 2.82. The summed E-state index contributed by atoms with van der Waals surface area (Å²) in [5, 5.41) is 7.79. The van der Waals surface area contributed by atoms with Crippen LogP contribution in [0.25, 0.3) is 0 Å². The van der Waals surface area contributed by atoms with Crippen LogP contribution in [-0.4, -0.2) is 23.2 Å². The van der Waals surface area contributed by atoms with Crippen molar-refractivity contribution in [1.29, 1.82) is 0 Å². The van der Waals surface area contributed by atoms with E-state index in [9.17, 15) is 9.59 Å². The van der Waals surface area contributed by atoms with Gasteiger partial charge in [-0.1, -0.05) is 11.1 Å². The van der Waals surface area contributed by atoms with E-state index in [-0.39, 0.29) is 11.8 Å². The van der Waals surface area contributed by atoms with Gasteiger partial charge in [0.05, 0.1) is 22.6 Å². The average molecular weight is 260 g/mol.